The van der Waals surface area contributed by atoms with Gasteiger partial charge in [-0.3, -0.25) is 19.2 Å². The van der Waals surface area contributed by atoms with Crippen LogP contribution in [0.1, 0.15) is 62.8 Å². The number of aryl methyl sites for hydroxylation is 2. The van der Waals surface area contributed by atoms with E-state index in [2.05, 4.69) is 34.4 Å². The number of aliphatic hydroxyl groups is 1. The van der Waals surface area contributed by atoms with Gasteiger partial charge in [0.05, 0.1) is 36.6 Å². The van der Waals surface area contributed by atoms with E-state index in [-0.39, 0.29) is 42.1 Å². The topological polar surface area (TPSA) is 125 Å². The Labute approximate surface area is 309 Å². The molecule has 11 heteroatoms. The summed E-state index contributed by atoms with van der Waals surface area (Å²) in [5.74, 6) is -3.95. The van der Waals surface area contributed by atoms with Crippen LogP contribution >= 0.6 is 15.9 Å². The molecule has 0 aliphatic carbocycles. The van der Waals surface area contributed by atoms with E-state index in [0.29, 0.717) is 24.1 Å². The zero-order valence-corrected chi connectivity index (χ0v) is 31.7. The molecule has 3 fully saturated rings. The molecule has 1 spiro atoms. The van der Waals surface area contributed by atoms with E-state index >= 15 is 4.79 Å². The number of carbonyl (C=O) groups is 4. The van der Waals surface area contributed by atoms with Gasteiger partial charge in [-0.25, -0.2) is 0 Å². The largest absolute Gasteiger partial charge is 0.455 e. The monoisotopic (exact) mass is 763 g/mol. The molecule has 5 rings (SSSR count). The van der Waals surface area contributed by atoms with Crippen molar-refractivity contribution in [2.24, 2.45) is 17.8 Å². The van der Waals surface area contributed by atoms with E-state index in [9.17, 15) is 19.5 Å². The minimum Gasteiger partial charge on any atom is -0.455 e. The molecule has 2 bridgehead atoms. The minimum absolute atomic E-state index is 0.178. The summed E-state index contributed by atoms with van der Waals surface area (Å²) < 4.78 is 13.1. The zero-order chi connectivity index (χ0) is 37.2. The number of hydrogen-bond donors (Lipinski definition) is 2. The second-order valence-corrected chi connectivity index (χ2v) is 15.5. The first-order valence-corrected chi connectivity index (χ1v) is 18.6. The molecule has 0 aromatic heterocycles. The zero-order valence-electron chi connectivity index (χ0n) is 30.1. The first-order valence-electron chi connectivity index (χ1n) is 17.7. The number of ether oxygens (including phenoxy) is 2. The number of benzene rings is 2. The Balaban J connectivity index is 1.57. The number of para-hydroxylation sites is 1. The number of anilines is 1. The summed E-state index contributed by atoms with van der Waals surface area (Å²) in [4.78, 5) is 60.0. The van der Waals surface area contributed by atoms with Gasteiger partial charge in [-0.1, -0.05) is 90.5 Å². The van der Waals surface area contributed by atoms with Crippen molar-refractivity contribution < 1.29 is 33.8 Å². The van der Waals surface area contributed by atoms with Gasteiger partial charge in [-0.15, -0.1) is 13.2 Å². The number of rotatable bonds is 15. The van der Waals surface area contributed by atoms with Gasteiger partial charge < -0.3 is 29.7 Å². The molecule has 2 N–H and O–H groups in total. The van der Waals surface area contributed by atoms with Crippen LogP contribution in [0.3, 0.4) is 0 Å². The highest BCUT2D eigenvalue weighted by atomic mass is 79.9. The Morgan fingerprint density at radius 2 is 1.76 bits per heavy atom. The van der Waals surface area contributed by atoms with Crippen LogP contribution < -0.4 is 10.2 Å². The lowest BCUT2D eigenvalue weighted by Gasteiger charge is -2.41. The number of esters is 1. The van der Waals surface area contributed by atoms with Crippen LogP contribution in [0.4, 0.5) is 5.69 Å². The molecule has 3 amide bonds. The number of fused-ring (bicyclic) bond motifs is 1. The van der Waals surface area contributed by atoms with E-state index in [4.69, 9.17) is 9.47 Å². The molecule has 274 valence electrons. The van der Waals surface area contributed by atoms with Crippen LogP contribution in [0, 0.1) is 31.6 Å². The van der Waals surface area contributed by atoms with Crippen LogP contribution in [0.25, 0.3) is 0 Å². The predicted molar refractivity (Wildman–Crippen MR) is 199 cm³/mol. The molecule has 2 aromatic carbocycles. The van der Waals surface area contributed by atoms with Gasteiger partial charge in [0, 0.05) is 23.5 Å². The fraction of sp³-hybridized carbons (Fsp3) is 0.500. The van der Waals surface area contributed by atoms with E-state index < -0.39 is 59.6 Å². The van der Waals surface area contributed by atoms with Crippen LogP contribution in [0.2, 0.25) is 0 Å². The number of alkyl halides is 1. The van der Waals surface area contributed by atoms with Crippen LogP contribution in [-0.4, -0.2) is 81.5 Å². The molecule has 3 aliphatic heterocycles. The average Bonchev–Trinajstić information content (AvgIpc) is 3.69. The highest BCUT2D eigenvalue weighted by molar-refractivity contribution is 9.09. The van der Waals surface area contributed by atoms with Gasteiger partial charge in [0.25, 0.3) is 5.91 Å². The summed E-state index contributed by atoms with van der Waals surface area (Å²) >= 11 is 3.75. The molecule has 9 atom stereocenters. The highest BCUT2D eigenvalue weighted by Gasteiger charge is 2.78. The van der Waals surface area contributed by atoms with Gasteiger partial charge in [-0.2, -0.15) is 0 Å². The molecule has 1 unspecified atom stereocenters. The predicted octanol–water partition coefficient (Wildman–Crippen LogP) is 5.34. The Bertz CT molecular complexity index is 1630. The van der Waals surface area contributed by atoms with Crippen molar-refractivity contribution in [3.8, 4) is 0 Å². The Morgan fingerprint density at radius 1 is 1.10 bits per heavy atom. The molecule has 2 aromatic rings. The second-order valence-electron chi connectivity index (χ2n) is 14.3. The van der Waals surface area contributed by atoms with E-state index in [1.807, 2.05) is 76.2 Å². The van der Waals surface area contributed by atoms with E-state index in [1.165, 1.54) is 4.90 Å². The van der Waals surface area contributed by atoms with E-state index in [1.54, 1.807) is 24.0 Å². The fourth-order valence-electron chi connectivity index (χ4n) is 8.33. The third kappa shape index (κ3) is 7.04. The Kier molecular flexibility index (Phi) is 11.9. The van der Waals surface area contributed by atoms with Gasteiger partial charge in [0.1, 0.15) is 17.7 Å². The van der Waals surface area contributed by atoms with Crippen LogP contribution in [0.15, 0.2) is 73.8 Å². The first kappa shape index (κ1) is 38.4. The quantitative estimate of drug-likeness (QED) is 0.143. The molecule has 3 aliphatic rings. The lowest BCUT2D eigenvalue weighted by Crippen LogP contribution is -2.60. The summed E-state index contributed by atoms with van der Waals surface area (Å²) in [7, 11) is 0. The first-order chi connectivity index (χ1) is 24.3. The van der Waals surface area contributed by atoms with Crippen molar-refractivity contribution in [2.45, 2.75) is 94.6 Å². The molecular weight excluding hydrogens is 714 g/mol. The van der Waals surface area contributed by atoms with Crippen molar-refractivity contribution in [1.82, 2.24) is 10.2 Å². The number of halogens is 1. The number of likely N-dealkylation sites (tertiary alicyclic amines) is 1. The maximum Gasteiger partial charge on any atom is 0.313 e. The second kappa shape index (κ2) is 15.8. The maximum absolute atomic E-state index is 15.1. The number of nitrogens with zero attached hydrogens (tertiary/aromatic N) is 2. The van der Waals surface area contributed by atoms with Crippen molar-refractivity contribution in [3.63, 3.8) is 0 Å². The Hall–Kier alpha value is -3.80. The van der Waals surface area contributed by atoms with Crippen LogP contribution in [-0.2, 0) is 28.7 Å². The molecule has 51 heavy (non-hydrogen) atoms. The molecule has 0 radical (unpaired) electrons. The van der Waals surface area contributed by atoms with Gasteiger partial charge in [-0.05, 0) is 56.2 Å². The summed E-state index contributed by atoms with van der Waals surface area (Å²) in [6.07, 6.45) is 2.74. The van der Waals surface area contributed by atoms with Gasteiger partial charge in [0.2, 0.25) is 11.8 Å². The molecule has 0 saturated carbocycles. The van der Waals surface area contributed by atoms with Crippen molar-refractivity contribution in [1.29, 1.82) is 0 Å². The van der Waals surface area contributed by atoms with Crippen molar-refractivity contribution in [3.05, 3.63) is 90.5 Å². The fourth-order valence-corrected chi connectivity index (χ4v) is 9.28. The number of nitrogens with one attached hydrogen (secondary N) is 1. The number of amides is 3. The number of allylic oxidation sites excluding steroid dienone is 1. The van der Waals surface area contributed by atoms with Crippen molar-refractivity contribution in [2.75, 3.05) is 18.1 Å². The maximum atomic E-state index is 15.1. The minimum atomic E-state index is -1.37. The molecular formula is C40H50BrN3O7. The SMILES string of the molecule is C=CCCC(=O)N[C@H](C)[C@@H](OC(=O)[C@H]1[C@@H]2O[C@@]3(CC2Br)[C@@H]1C(=O)N([C@@H](CO)C(C)C)[C@@H]3C(=O)N(CC=C)c1c(C)cccc1C)c1ccccc1. The summed E-state index contributed by atoms with van der Waals surface area (Å²) in [5.41, 5.74) is 1.78. The lowest BCUT2D eigenvalue weighted by atomic mass is 9.70. The van der Waals surface area contributed by atoms with Crippen LogP contribution in [0.5, 0.6) is 0 Å². The average molecular weight is 765 g/mol. The normalized spacial score (nSPS) is 26.7. The molecule has 3 heterocycles. The summed E-state index contributed by atoms with van der Waals surface area (Å²) in [6, 6.07) is 12.5. The van der Waals surface area contributed by atoms with Gasteiger partial charge >= 0.3 is 5.97 Å². The smallest absolute Gasteiger partial charge is 0.313 e. The molecule has 10 nitrogen and oxygen atoms in total. The third-order valence-electron chi connectivity index (χ3n) is 10.6. The third-order valence-corrected chi connectivity index (χ3v) is 11.5. The standard InChI is InChI=1S/C40H50BrN3O7/c1-8-10-19-30(46)42-26(7)34(27-17-12-11-13-18-27)50-39(49)31-32-37(47)44(29(22-45)23(3)4)36(40(32)21-28(41)35(31)51-40)38(48)43(20-9-2)33-24(5)15-14-16-25(33)6/h8-9,11-18,23,26,28-29,31-32,34-36,45H,1-2,10,19-22H2,3-7H3,(H,42,46)/t26-,28?,29+,31-,32+,34-,35-,36-,40+/m1/s1. The summed E-state index contributed by atoms with van der Waals surface area (Å²) in [6.45, 7) is 16.8. The Morgan fingerprint density at radius 3 is 2.35 bits per heavy atom. The number of carbonyl (C=O) groups excluding carboxylic acids is 4. The van der Waals surface area contributed by atoms with Crippen molar-refractivity contribution >= 4 is 45.3 Å². The lowest BCUT2D eigenvalue weighted by molar-refractivity contribution is -0.162. The number of hydrogen-bond acceptors (Lipinski definition) is 7. The number of aliphatic hydroxyl groups excluding tert-OH is 1. The molecule has 3 saturated heterocycles. The summed E-state index contributed by atoms with van der Waals surface area (Å²) in [5, 5.41) is 13.6. The van der Waals surface area contributed by atoms with Gasteiger partial charge in [0.15, 0.2) is 0 Å². The highest BCUT2D eigenvalue weighted by Crippen LogP contribution is 2.61. The van der Waals surface area contributed by atoms with E-state index in [0.717, 1.165) is 11.1 Å².